The van der Waals surface area contributed by atoms with E-state index in [9.17, 15) is 23.2 Å². The molecule has 1 heterocycles. The Bertz CT molecular complexity index is 681. The fourth-order valence-electron chi connectivity index (χ4n) is 2.43. The first-order chi connectivity index (χ1) is 11.6. The number of oxime groups is 1. The van der Waals surface area contributed by atoms with Gasteiger partial charge in [0.2, 0.25) is 0 Å². The molecule has 1 N–H and O–H groups in total. The number of amidine groups is 1. The number of rotatable bonds is 1. The lowest BCUT2D eigenvalue weighted by atomic mass is 10.1. The van der Waals surface area contributed by atoms with Crippen LogP contribution < -0.4 is 0 Å². The molecule has 0 aliphatic carbocycles. The van der Waals surface area contributed by atoms with Gasteiger partial charge in [0, 0.05) is 32.2 Å². The Hall–Kier alpha value is -2.45. The van der Waals surface area contributed by atoms with Crippen molar-refractivity contribution in [3.05, 3.63) is 35.1 Å². The number of carbonyl (C=O) groups excluding carboxylic acids is 1. The molecule has 0 radical (unpaired) electrons. The SMILES string of the molecule is CC(C)(C)OC(=O)N1CCN(C(=NO)c2cc(F)cc(F)c2F)CC1. The number of benzene rings is 1. The van der Waals surface area contributed by atoms with Crippen molar-refractivity contribution in [1.82, 2.24) is 9.80 Å². The lowest BCUT2D eigenvalue weighted by Crippen LogP contribution is -2.52. The van der Waals surface area contributed by atoms with Crippen LogP contribution in [-0.2, 0) is 4.74 Å². The summed E-state index contributed by atoms with van der Waals surface area (Å²) >= 11 is 0. The fraction of sp³-hybridized carbons (Fsp3) is 0.500. The second kappa shape index (κ2) is 7.20. The lowest BCUT2D eigenvalue weighted by molar-refractivity contribution is 0.0186. The maximum atomic E-state index is 13.9. The zero-order valence-electron chi connectivity index (χ0n) is 14.2. The lowest BCUT2D eigenvalue weighted by Gasteiger charge is -2.36. The Labute approximate surface area is 143 Å². The molecule has 0 spiro atoms. The predicted octanol–water partition coefficient (Wildman–Crippen LogP) is 2.79. The van der Waals surface area contributed by atoms with Gasteiger partial charge in [-0.2, -0.15) is 0 Å². The van der Waals surface area contributed by atoms with Crippen molar-refractivity contribution >= 4 is 11.9 Å². The second-order valence-electron chi connectivity index (χ2n) is 6.63. The highest BCUT2D eigenvalue weighted by Crippen LogP contribution is 2.19. The first kappa shape index (κ1) is 18.9. The van der Waals surface area contributed by atoms with Gasteiger partial charge in [0.15, 0.2) is 17.5 Å². The van der Waals surface area contributed by atoms with Gasteiger partial charge in [-0.25, -0.2) is 18.0 Å². The zero-order valence-corrected chi connectivity index (χ0v) is 14.2. The van der Waals surface area contributed by atoms with Gasteiger partial charge in [0.05, 0.1) is 5.56 Å². The Morgan fingerprint density at radius 3 is 2.20 bits per heavy atom. The van der Waals surface area contributed by atoms with E-state index in [0.29, 0.717) is 6.07 Å². The molecule has 0 saturated carbocycles. The van der Waals surface area contributed by atoms with Gasteiger partial charge in [-0.15, -0.1) is 0 Å². The third kappa shape index (κ3) is 4.55. The van der Waals surface area contributed by atoms with Gasteiger partial charge < -0.3 is 19.7 Å². The molecule has 1 saturated heterocycles. The Morgan fingerprint density at radius 1 is 1.12 bits per heavy atom. The maximum Gasteiger partial charge on any atom is 0.410 e. The minimum Gasteiger partial charge on any atom is -0.444 e. The zero-order chi connectivity index (χ0) is 18.8. The summed E-state index contributed by atoms with van der Waals surface area (Å²) in [5.41, 5.74) is -1.11. The van der Waals surface area contributed by atoms with Crippen molar-refractivity contribution in [2.45, 2.75) is 26.4 Å². The number of halogens is 3. The molecule has 2 rings (SSSR count). The van der Waals surface area contributed by atoms with Gasteiger partial charge >= 0.3 is 6.09 Å². The summed E-state index contributed by atoms with van der Waals surface area (Å²) in [5, 5.41) is 12.2. The van der Waals surface area contributed by atoms with E-state index in [-0.39, 0.29) is 32.0 Å². The van der Waals surface area contributed by atoms with Crippen LogP contribution in [0.4, 0.5) is 18.0 Å². The van der Waals surface area contributed by atoms with Crippen LogP contribution >= 0.6 is 0 Å². The van der Waals surface area contributed by atoms with Crippen LogP contribution in [0.15, 0.2) is 17.3 Å². The highest BCUT2D eigenvalue weighted by atomic mass is 19.2. The Balaban J connectivity index is 2.10. The molecule has 25 heavy (non-hydrogen) atoms. The molecule has 1 aliphatic heterocycles. The number of hydrogen-bond donors (Lipinski definition) is 1. The monoisotopic (exact) mass is 359 g/mol. The minimum absolute atomic E-state index is 0.191. The average molecular weight is 359 g/mol. The van der Waals surface area contributed by atoms with Crippen molar-refractivity contribution in [2.75, 3.05) is 26.2 Å². The molecule has 6 nitrogen and oxygen atoms in total. The number of carbonyl (C=O) groups is 1. The van der Waals surface area contributed by atoms with Crippen LogP contribution in [-0.4, -0.2) is 58.7 Å². The van der Waals surface area contributed by atoms with Crippen molar-refractivity contribution in [3.8, 4) is 0 Å². The van der Waals surface area contributed by atoms with E-state index in [2.05, 4.69) is 5.16 Å². The van der Waals surface area contributed by atoms with Crippen molar-refractivity contribution in [3.63, 3.8) is 0 Å². The number of amides is 1. The van der Waals surface area contributed by atoms with E-state index in [1.807, 2.05) is 0 Å². The van der Waals surface area contributed by atoms with Crippen molar-refractivity contribution in [1.29, 1.82) is 0 Å². The van der Waals surface area contributed by atoms with Crippen LogP contribution in [0.3, 0.4) is 0 Å². The van der Waals surface area contributed by atoms with E-state index in [4.69, 9.17) is 4.74 Å². The highest BCUT2D eigenvalue weighted by Gasteiger charge is 2.29. The quantitative estimate of drug-likeness (QED) is 0.275. The van der Waals surface area contributed by atoms with Crippen LogP contribution in [0.25, 0.3) is 0 Å². The van der Waals surface area contributed by atoms with Gasteiger partial charge in [-0.1, -0.05) is 5.16 Å². The molecule has 0 atom stereocenters. The summed E-state index contributed by atoms with van der Waals surface area (Å²) in [6.07, 6.45) is -0.488. The molecule has 138 valence electrons. The molecule has 0 unspecified atom stereocenters. The fourth-order valence-corrected chi connectivity index (χ4v) is 2.43. The van der Waals surface area contributed by atoms with E-state index >= 15 is 0 Å². The van der Waals surface area contributed by atoms with Gasteiger partial charge in [-0.05, 0) is 26.8 Å². The van der Waals surface area contributed by atoms with Gasteiger partial charge in [0.1, 0.15) is 11.4 Å². The highest BCUT2D eigenvalue weighted by molar-refractivity contribution is 5.98. The van der Waals surface area contributed by atoms with E-state index in [1.54, 1.807) is 20.8 Å². The molecule has 0 bridgehead atoms. The number of hydrogen-bond acceptors (Lipinski definition) is 4. The smallest absolute Gasteiger partial charge is 0.410 e. The summed E-state index contributed by atoms with van der Waals surface area (Å²) in [5.74, 6) is -3.95. The summed E-state index contributed by atoms with van der Waals surface area (Å²) in [6, 6.07) is 1.17. The molecular weight excluding hydrogens is 339 g/mol. The number of nitrogens with zero attached hydrogens (tertiary/aromatic N) is 3. The first-order valence-electron chi connectivity index (χ1n) is 7.72. The molecule has 1 aromatic rings. The van der Waals surface area contributed by atoms with Crippen molar-refractivity contribution < 1.29 is 27.9 Å². The van der Waals surface area contributed by atoms with Crippen LogP contribution in [0.5, 0.6) is 0 Å². The van der Waals surface area contributed by atoms with E-state index in [0.717, 1.165) is 6.07 Å². The van der Waals surface area contributed by atoms with Crippen LogP contribution in [0.2, 0.25) is 0 Å². The minimum atomic E-state index is -1.37. The molecule has 1 amide bonds. The summed E-state index contributed by atoms with van der Waals surface area (Å²) in [6.45, 7) is 6.09. The van der Waals surface area contributed by atoms with E-state index in [1.165, 1.54) is 9.80 Å². The number of piperazine rings is 1. The summed E-state index contributed by atoms with van der Waals surface area (Å²) in [4.78, 5) is 14.9. The molecule has 0 aromatic heterocycles. The number of ether oxygens (including phenoxy) is 1. The molecule has 1 fully saturated rings. The first-order valence-corrected chi connectivity index (χ1v) is 7.72. The Morgan fingerprint density at radius 2 is 1.68 bits per heavy atom. The topological polar surface area (TPSA) is 65.4 Å². The average Bonchev–Trinajstić information content (AvgIpc) is 2.51. The third-order valence-corrected chi connectivity index (χ3v) is 3.56. The Kier molecular flexibility index (Phi) is 5.44. The molecule has 1 aliphatic rings. The van der Waals surface area contributed by atoms with Crippen molar-refractivity contribution in [2.24, 2.45) is 5.16 Å². The van der Waals surface area contributed by atoms with Gasteiger partial charge in [-0.3, -0.25) is 0 Å². The van der Waals surface area contributed by atoms with Gasteiger partial charge in [0.25, 0.3) is 0 Å². The molecule has 9 heteroatoms. The standard InChI is InChI=1S/C16H20F3N3O3/c1-16(2,3)25-15(23)22-6-4-21(5-7-22)14(20-24)11-8-10(17)9-12(18)13(11)19/h8-9,24H,4-7H2,1-3H3. The van der Waals surface area contributed by atoms with E-state index < -0.39 is 34.7 Å². The van der Waals surface area contributed by atoms with Crippen LogP contribution in [0, 0.1) is 17.5 Å². The third-order valence-electron chi connectivity index (χ3n) is 3.56. The largest absolute Gasteiger partial charge is 0.444 e. The van der Waals surface area contributed by atoms with Crippen LogP contribution in [0.1, 0.15) is 26.3 Å². The normalized spacial score (nSPS) is 16.2. The molecular formula is C16H20F3N3O3. The predicted molar refractivity (Wildman–Crippen MR) is 84.0 cm³/mol. The summed E-state index contributed by atoms with van der Waals surface area (Å²) in [7, 11) is 0. The molecule has 1 aromatic carbocycles. The second-order valence-corrected chi connectivity index (χ2v) is 6.63. The maximum absolute atomic E-state index is 13.9. The summed E-state index contributed by atoms with van der Waals surface area (Å²) < 4.78 is 45.9.